The molecule has 3 N–H and O–H groups in total. The highest BCUT2D eigenvalue weighted by atomic mass is 32.2. The van der Waals surface area contributed by atoms with Gasteiger partial charge in [-0.15, -0.1) is 0 Å². The molecule has 1 aromatic heterocycles. The number of carbonyl (C=O) groups excluding carboxylic acids is 3. The summed E-state index contributed by atoms with van der Waals surface area (Å²) in [7, 11) is -2.68. The van der Waals surface area contributed by atoms with Gasteiger partial charge in [0.1, 0.15) is 29.3 Å². The molecule has 284 valence electrons. The van der Waals surface area contributed by atoms with Crippen molar-refractivity contribution in [1.29, 1.82) is 0 Å². The highest BCUT2D eigenvalue weighted by Gasteiger charge is 2.45. The van der Waals surface area contributed by atoms with Crippen LogP contribution in [-0.2, 0) is 37.0 Å². The van der Waals surface area contributed by atoms with E-state index in [0.717, 1.165) is 54.4 Å². The van der Waals surface area contributed by atoms with E-state index in [2.05, 4.69) is 10.3 Å². The topological polar surface area (TPSA) is 168 Å². The van der Waals surface area contributed by atoms with Crippen LogP contribution in [0.5, 0.6) is 0 Å². The average Bonchev–Trinajstić information content (AvgIpc) is 3.81. The Balaban J connectivity index is 1.69. The fourth-order valence-electron chi connectivity index (χ4n) is 6.75. The minimum absolute atomic E-state index is 0.0380. The van der Waals surface area contributed by atoms with Gasteiger partial charge in [-0.05, 0) is 84.6 Å². The van der Waals surface area contributed by atoms with Crippen molar-refractivity contribution in [3.8, 4) is 0 Å². The molecule has 2 fully saturated rings. The number of rotatable bonds is 14. The molecule has 4 rings (SSSR count). The molecule has 0 radical (unpaired) electrons. The Morgan fingerprint density at radius 2 is 1.61 bits per heavy atom. The minimum Gasteiger partial charge on any atom is -0.443 e. The molecule has 13 heteroatoms. The van der Waals surface area contributed by atoms with E-state index in [4.69, 9.17) is 4.74 Å². The van der Waals surface area contributed by atoms with Gasteiger partial charge in [0.2, 0.25) is 11.8 Å². The van der Waals surface area contributed by atoms with Gasteiger partial charge in [0, 0.05) is 19.7 Å². The summed E-state index contributed by atoms with van der Waals surface area (Å²) in [6.45, 7) is 9.84. The molecule has 2 aliphatic rings. The number of aliphatic hydroxyl groups is 2. The molecule has 0 bridgehead atoms. The number of carbonyl (C=O) groups is 3. The lowest BCUT2D eigenvalue weighted by molar-refractivity contribution is -0.140. The molecule has 2 aromatic rings. The predicted octanol–water partition coefficient (Wildman–Crippen LogP) is 4.45. The third-order valence-electron chi connectivity index (χ3n) is 10.0. The number of nitrogens with one attached hydrogen (secondary N) is 1. The summed E-state index contributed by atoms with van der Waals surface area (Å²) in [6, 6.07) is 6.81. The van der Waals surface area contributed by atoms with Crippen molar-refractivity contribution in [3.63, 3.8) is 0 Å². The van der Waals surface area contributed by atoms with Crippen molar-refractivity contribution in [1.82, 2.24) is 19.8 Å². The Bertz CT molecular complexity index is 1590. The zero-order valence-electron chi connectivity index (χ0n) is 31.2. The molecule has 2 saturated carbocycles. The fourth-order valence-corrected chi connectivity index (χ4v) is 8.45. The van der Waals surface area contributed by atoms with Gasteiger partial charge in [-0.3, -0.25) is 9.59 Å². The minimum atomic E-state index is -4.08. The largest absolute Gasteiger partial charge is 0.443 e. The number of hydrogen-bond acceptors (Lipinski definition) is 9. The standard InChI is InChI=1S/C38H58N4O8S/c1-37(2,3)50-36(47)42-23-28(39-24-42)22-30(34(45)40-29(20-25-14-10-8-11-15-25)33(44)32(43)27-18-19-27)41(7)35(46)31(51(48,49)38(4,5)6)21-26-16-12-9-13-17-26/h9,12-13,16-17,23-25,27,29-33,43-44H,8,10-11,14-15,18-22H2,1-7H3,(H,40,45)/t29-,30-,31-,32-,33+/m0/s1. The zero-order valence-corrected chi connectivity index (χ0v) is 32.1. The van der Waals surface area contributed by atoms with Gasteiger partial charge in [0.05, 0.1) is 22.6 Å². The summed E-state index contributed by atoms with van der Waals surface area (Å²) < 4.78 is 33.3. The SMILES string of the molecule is CN(C(=O)[C@H](Cc1ccccc1)S(=O)(=O)C(C)(C)C)[C@@H](Cc1cn(C(=O)OC(C)(C)C)cn1)C(=O)N[C@@H](CC1CCCCC1)[C@@H](O)[C@@H](O)C1CC1. The number of ether oxygens (including phenoxy) is 1. The predicted molar refractivity (Wildman–Crippen MR) is 195 cm³/mol. The van der Waals surface area contributed by atoms with Crippen molar-refractivity contribution in [2.75, 3.05) is 7.05 Å². The number of aliphatic hydroxyl groups excluding tert-OH is 2. The summed E-state index contributed by atoms with van der Waals surface area (Å²) in [6.07, 6.45) is 6.75. The second kappa shape index (κ2) is 16.6. The van der Waals surface area contributed by atoms with E-state index in [9.17, 15) is 33.0 Å². The number of benzene rings is 1. The van der Waals surface area contributed by atoms with Crippen LogP contribution in [0.1, 0.15) is 104 Å². The van der Waals surface area contributed by atoms with Crippen LogP contribution in [0.4, 0.5) is 4.79 Å². The zero-order chi connectivity index (χ0) is 37.7. The van der Waals surface area contributed by atoms with Crippen molar-refractivity contribution in [2.45, 2.75) is 146 Å². The number of imidazole rings is 1. The highest BCUT2D eigenvalue weighted by molar-refractivity contribution is 7.94. The number of sulfone groups is 1. The van der Waals surface area contributed by atoms with Crippen LogP contribution >= 0.6 is 0 Å². The molecular weight excluding hydrogens is 673 g/mol. The van der Waals surface area contributed by atoms with Crippen LogP contribution < -0.4 is 5.32 Å². The first-order valence-corrected chi connectivity index (χ1v) is 19.8. The van der Waals surface area contributed by atoms with Gasteiger partial charge in [-0.1, -0.05) is 62.4 Å². The van der Waals surface area contributed by atoms with E-state index in [1.165, 1.54) is 19.6 Å². The average molecular weight is 731 g/mol. The molecule has 1 heterocycles. The Morgan fingerprint density at radius 3 is 2.18 bits per heavy atom. The van der Waals surface area contributed by atoms with Gasteiger partial charge >= 0.3 is 6.09 Å². The van der Waals surface area contributed by atoms with E-state index in [-0.39, 0.29) is 24.7 Å². The molecule has 2 aliphatic carbocycles. The summed E-state index contributed by atoms with van der Waals surface area (Å²) in [4.78, 5) is 47.2. The summed E-state index contributed by atoms with van der Waals surface area (Å²) in [5.41, 5.74) is 0.183. The Hall–Kier alpha value is -3.29. The Morgan fingerprint density at radius 1 is 0.980 bits per heavy atom. The first-order valence-electron chi connectivity index (χ1n) is 18.2. The van der Waals surface area contributed by atoms with Crippen LogP contribution in [0.2, 0.25) is 0 Å². The lowest BCUT2D eigenvalue weighted by Gasteiger charge is -2.36. The van der Waals surface area contributed by atoms with Gasteiger partial charge in [-0.25, -0.2) is 22.8 Å². The molecule has 2 amide bonds. The maximum atomic E-state index is 14.5. The third kappa shape index (κ3) is 10.9. The lowest BCUT2D eigenvalue weighted by Crippen LogP contribution is -2.58. The van der Waals surface area contributed by atoms with Crippen LogP contribution in [0.25, 0.3) is 0 Å². The lowest BCUT2D eigenvalue weighted by atomic mass is 9.82. The second-order valence-corrected chi connectivity index (χ2v) is 19.3. The van der Waals surface area contributed by atoms with E-state index in [0.29, 0.717) is 17.7 Å². The third-order valence-corrected chi connectivity index (χ3v) is 12.9. The van der Waals surface area contributed by atoms with Gasteiger partial charge in [-0.2, -0.15) is 0 Å². The van der Waals surface area contributed by atoms with Gasteiger partial charge < -0.3 is 25.2 Å². The van der Waals surface area contributed by atoms with E-state index in [1.54, 1.807) is 71.9 Å². The quantitative estimate of drug-likeness (QED) is 0.255. The van der Waals surface area contributed by atoms with Gasteiger partial charge in [0.15, 0.2) is 9.84 Å². The van der Waals surface area contributed by atoms with Crippen LogP contribution in [-0.4, -0.2) is 97.9 Å². The van der Waals surface area contributed by atoms with E-state index in [1.807, 2.05) is 0 Å². The van der Waals surface area contributed by atoms with Crippen molar-refractivity contribution < 1.29 is 37.8 Å². The molecule has 12 nitrogen and oxygen atoms in total. The van der Waals surface area contributed by atoms with Crippen molar-refractivity contribution in [3.05, 3.63) is 54.1 Å². The van der Waals surface area contributed by atoms with Gasteiger partial charge in [0.25, 0.3) is 0 Å². The number of nitrogens with zero attached hydrogens (tertiary/aromatic N) is 3. The fraction of sp³-hybridized carbons (Fsp3) is 0.684. The summed E-state index contributed by atoms with van der Waals surface area (Å²) in [5, 5.41) is 23.9. The Kier molecular flexibility index (Phi) is 13.2. The first kappa shape index (κ1) is 40.5. The van der Waals surface area contributed by atoms with Crippen LogP contribution in [0.15, 0.2) is 42.9 Å². The van der Waals surface area contributed by atoms with Crippen LogP contribution in [0, 0.1) is 11.8 Å². The summed E-state index contributed by atoms with van der Waals surface area (Å²) >= 11 is 0. The normalized spacial score (nSPS) is 19.0. The number of amides is 2. The molecule has 51 heavy (non-hydrogen) atoms. The maximum absolute atomic E-state index is 14.5. The molecule has 0 unspecified atom stereocenters. The summed E-state index contributed by atoms with van der Waals surface area (Å²) in [5.74, 6) is -1.17. The first-order chi connectivity index (χ1) is 23.8. The van der Waals surface area contributed by atoms with Crippen molar-refractivity contribution in [2.24, 2.45) is 11.8 Å². The van der Waals surface area contributed by atoms with E-state index >= 15 is 0 Å². The smallest absolute Gasteiger partial charge is 0.419 e. The number of aromatic nitrogens is 2. The monoisotopic (exact) mass is 730 g/mol. The second-order valence-electron chi connectivity index (χ2n) is 16.4. The molecule has 0 spiro atoms. The molecular formula is C38H58N4O8S. The highest BCUT2D eigenvalue weighted by Crippen LogP contribution is 2.36. The Labute approximate surface area is 303 Å². The maximum Gasteiger partial charge on any atom is 0.419 e. The molecule has 1 aromatic carbocycles. The molecule has 5 atom stereocenters. The molecule has 0 aliphatic heterocycles. The number of likely N-dealkylation sites (N-methyl/N-ethyl adjacent to an activating group) is 1. The van der Waals surface area contributed by atoms with E-state index < -0.39 is 67.6 Å². The van der Waals surface area contributed by atoms with Crippen molar-refractivity contribution >= 4 is 27.7 Å². The molecule has 0 saturated heterocycles. The van der Waals surface area contributed by atoms with Crippen LogP contribution in [0.3, 0.4) is 0 Å². The number of hydrogen-bond donors (Lipinski definition) is 3.